The number of fused-ring (bicyclic) bond motifs is 3. The first-order valence-corrected chi connectivity index (χ1v) is 25.6. The lowest BCUT2D eigenvalue weighted by Crippen LogP contribution is -2.80. The molecule has 32 heteroatoms. The third-order valence-corrected chi connectivity index (χ3v) is 17.6. The summed E-state index contributed by atoms with van der Waals surface area (Å²) >= 11 is 0. The van der Waals surface area contributed by atoms with Gasteiger partial charge >= 0.3 is 0 Å². The first kappa shape index (κ1) is 62.4. The molecule has 6 aromatic carbocycles. The molecule has 39 radical (unpaired) electrons. The average Bonchev–Trinajstić information content (AvgIpc) is 3.33. The molecule has 0 nitrogen and oxygen atoms in total. The van der Waals surface area contributed by atoms with Crippen molar-refractivity contribution in [3.05, 3.63) is 72.3 Å². The van der Waals surface area contributed by atoms with Crippen LogP contribution in [-0.4, -0.2) is 231 Å². The maximum absolute atomic E-state index is 7.68. The fraction of sp³-hybridized carbons (Fsp3) is 0.302. The molecule has 0 aliphatic carbocycles. The second-order valence-corrected chi connectivity index (χ2v) is 21.4. The summed E-state index contributed by atoms with van der Waals surface area (Å²) in [5, 5.41) is 4.59. The van der Waals surface area contributed by atoms with Crippen LogP contribution in [0.25, 0.3) is 54.6 Å². The van der Waals surface area contributed by atoms with Gasteiger partial charge in [-0.1, -0.05) is 21.9 Å². The zero-order chi connectivity index (χ0) is 56.8. The summed E-state index contributed by atoms with van der Waals surface area (Å²) in [7, 11) is 129. The number of hydrogen-bond donors (Lipinski definition) is 0. The van der Waals surface area contributed by atoms with E-state index in [-0.39, 0.29) is 10.9 Å². The van der Waals surface area contributed by atoms with E-state index in [0.29, 0.717) is 43.6 Å². The molecule has 0 unspecified atom stereocenters. The van der Waals surface area contributed by atoms with Gasteiger partial charge in [0.15, 0.2) is 0 Å². The summed E-state index contributed by atoms with van der Waals surface area (Å²) < 4.78 is 0. The molecule has 0 N–H and O–H groups in total. The molecular weight excluding hydrogens is 862 g/mol. The van der Waals surface area contributed by atoms with Gasteiger partial charge in [-0.2, -0.15) is 0 Å². The van der Waals surface area contributed by atoms with E-state index in [4.69, 9.17) is 139 Å². The van der Waals surface area contributed by atoms with Crippen molar-refractivity contribution in [3.63, 3.8) is 0 Å². The Morgan fingerprint density at radius 1 is 0.307 bits per heavy atom. The quantitative estimate of drug-likeness (QED) is 0.0674. The topological polar surface area (TPSA) is 0 Å². The maximum Gasteiger partial charge on any atom is 0.113 e. The minimum absolute atomic E-state index is 0.0890. The van der Waals surface area contributed by atoms with E-state index >= 15 is 0 Å². The predicted octanol–water partition coefficient (Wildman–Crippen LogP) is -5.47. The molecule has 0 heterocycles. The van der Waals surface area contributed by atoms with Crippen molar-refractivity contribution >= 4 is 302 Å². The largest absolute Gasteiger partial charge is 0.113 e. The van der Waals surface area contributed by atoms with E-state index < -0.39 is 70.8 Å². The molecule has 75 heavy (non-hydrogen) atoms. The minimum atomic E-state index is -1.27. The maximum atomic E-state index is 7.68. The molecule has 6 rings (SSSR count). The lowest BCUT2D eigenvalue weighted by Gasteiger charge is -2.42. The molecule has 0 saturated carbocycles. The summed E-state index contributed by atoms with van der Waals surface area (Å²) in [6.07, 6.45) is -7.38. The summed E-state index contributed by atoms with van der Waals surface area (Å²) in [5.74, 6) is 0. The summed E-state index contributed by atoms with van der Waals surface area (Å²) in [6, 6.07) is 0. The van der Waals surface area contributed by atoms with E-state index in [1.807, 2.05) is 0 Å². The van der Waals surface area contributed by atoms with Crippen molar-refractivity contribution < 1.29 is 0 Å². The van der Waals surface area contributed by atoms with Crippen molar-refractivity contribution in [2.24, 2.45) is 0 Å². The molecule has 0 aromatic heterocycles. The van der Waals surface area contributed by atoms with E-state index in [2.05, 4.69) is 90.0 Å². The van der Waals surface area contributed by atoms with Gasteiger partial charge < -0.3 is 0 Å². The van der Waals surface area contributed by atoms with Gasteiger partial charge in [0.1, 0.15) is 7.85 Å². The Kier molecular flexibility index (Phi) is 19.7. The summed E-state index contributed by atoms with van der Waals surface area (Å²) in [4.78, 5) is 0. The highest BCUT2D eigenvalue weighted by atomic mass is 14.3. The molecule has 6 aromatic rings. The average molecular weight is 902 g/mol. The third kappa shape index (κ3) is 10.0. The molecule has 0 amide bonds. The first-order chi connectivity index (χ1) is 34.8. The number of hydrogen-bond acceptors (Lipinski definition) is 0. The van der Waals surface area contributed by atoms with Crippen LogP contribution in [0.4, 0.5) is 0 Å². The van der Waals surface area contributed by atoms with Crippen molar-refractivity contribution in [1.29, 1.82) is 0 Å². The van der Waals surface area contributed by atoms with Crippen LogP contribution in [0.2, 0.25) is 0 Å². The number of rotatable bonds is 16. The standard InChI is InChI=1S/C43H39B32/c1-14-15(2)20(7)27(21(8)16(14)3)29-24(11)19(6)25(12)31-32(29)26(13)28-22(9)17(4)18(5)23(10)30(28)33(31)34-35-36(37(44)38(62-45)39(34)65(48)49)41(69(74(59)60)75(61)64-47)43(68(72(55)56)73(57)58)42(67(63-46)71(53)54)40(35)66(50)70(51)52/h1-13H3. The van der Waals surface area contributed by atoms with E-state index in [1.54, 1.807) is 0 Å². The Morgan fingerprint density at radius 3 is 1.13 bits per heavy atom. The summed E-state index contributed by atoms with van der Waals surface area (Å²) in [6.45, 7) is 22.4. The first-order valence-electron chi connectivity index (χ1n) is 25.6. The Hall–Kier alpha value is -1.82. The van der Waals surface area contributed by atoms with Gasteiger partial charge in [-0.15, -0.1) is 16.4 Å². The van der Waals surface area contributed by atoms with Crippen LogP contribution in [-0.2, 0) is 0 Å². The second-order valence-electron chi connectivity index (χ2n) is 21.4. The molecule has 0 aliphatic heterocycles. The third-order valence-electron chi connectivity index (χ3n) is 17.6. The predicted molar refractivity (Wildman–Crippen MR) is 373 cm³/mol. The van der Waals surface area contributed by atoms with Gasteiger partial charge in [0.05, 0.1) is 39.6 Å². The Morgan fingerprint density at radius 2 is 0.720 bits per heavy atom. The molecule has 0 aliphatic rings. The van der Waals surface area contributed by atoms with Crippen LogP contribution in [0.1, 0.15) is 72.3 Å². The second kappa shape index (κ2) is 23.7. The van der Waals surface area contributed by atoms with Crippen molar-refractivity contribution in [1.82, 2.24) is 0 Å². The van der Waals surface area contributed by atoms with Gasteiger partial charge in [0, 0.05) is 184 Å². The normalized spacial score (nSPS) is 11.2. The van der Waals surface area contributed by atoms with E-state index in [1.165, 1.54) is 49.1 Å². The van der Waals surface area contributed by atoms with Crippen LogP contribution in [0.5, 0.6) is 0 Å². The van der Waals surface area contributed by atoms with Crippen molar-refractivity contribution in [2.75, 3.05) is 0 Å². The van der Waals surface area contributed by atoms with Crippen LogP contribution < -0.4 is 38.2 Å². The van der Waals surface area contributed by atoms with Crippen LogP contribution >= 0.6 is 0 Å². The smallest absolute Gasteiger partial charge is 0.113 e. The van der Waals surface area contributed by atoms with Gasteiger partial charge in [0.25, 0.3) is 0 Å². The molecular formula is C43H39B32. The van der Waals surface area contributed by atoms with E-state index in [0.717, 1.165) is 82.7 Å². The molecule has 0 bridgehead atoms. The van der Waals surface area contributed by atoms with Crippen LogP contribution in [0.3, 0.4) is 0 Å². The zero-order valence-electron chi connectivity index (χ0n) is 46.5. The van der Waals surface area contributed by atoms with Crippen molar-refractivity contribution in [2.45, 2.75) is 90.0 Å². The highest BCUT2D eigenvalue weighted by Crippen LogP contribution is 2.51. The Balaban J connectivity index is 2.34. The molecule has 0 atom stereocenters. The highest BCUT2D eigenvalue weighted by Gasteiger charge is 2.42. The number of benzene rings is 6. The van der Waals surface area contributed by atoms with Gasteiger partial charge in [-0.25, -0.2) is 0 Å². The van der Waals surface area contributed by atoms with Gasteiger partial charge in [-0.05, 0) is 217 Å². The Labute approximate surface area is 483 Å². The molecule has 0 fully saturated rings. The van der Waals surface area contributed by atoms with Gasteiger partial charge in [0.2, 0.25) is 0 Å². The molecule has 0 spiro atoms. The van der Waals surface area contributed by atoms with E-state index in [9.17, 15) is 0 Å². The Bertz CT molecular complexity index is 3220. The van der Waals surface area contributed by atoms with Gasteiger partial charge in [-0.3, -0.25) is 0 Å². The fourth-order valence-electron chi connectivity index (χ4n) is 12.8. The van der Waals surface area contributed by atoms with Crippen LogP contribution in [0.15, 0.2) is 0 Å². The molecule has 0 saturated heterocycles. The molecule has 307 valence electrons. The zero-order valence-corrected chi connectivity index (χ0v) is 46.5. The minimum Gasteiger partial charge on any atom is -0.113 e. The van der Waals surface area contributed by atoms with Crippen LogP contribution in [0, 0.1) is 90.0 Å². The monoisotopic (exact) mass is 908 g/mol. The fourth-order valence-corrected chi connectivity index (χ4v) is 12.8. The lowest BCUT2D eigenvalue weighted by atomic mass is 8.66. The number of aryl methyl sites for hydroxylation is 4. The SMILES string of the molecule is [B][B]B([B])B(B([B])[B])c1c(B(B([B])[B])B([B])[B])c(B([B][B])B([B])[B])c(B([B])B([B])[B])c2c(-c3c4c(C)c(C)c(C)c(C)c4c(C)c4c(-c5c(C)c(C)c(C)c(C)c5C)c(C)c(C)c(C)c34)c(B([B])[B])c([B][B])c([B])c12. The highest BCUT2D eigenvalue weighted by molar-refractivity contribution is 7.89. The summed E-state index contributed by atoms with van der Waals surface area (Å²) in [5.41, 5.74) is 20.1. The lowest BCUT2D eigenvalue weighted by molar-refractivity contribution is 1.17. The van der Waals surface area contributed by atoms with Crippen molar-refractivity contribution in [3.8, 4) is 22.3 Å².